The Balaban J connectivity index is 1.36. The first-order valence-corrected chi connectivity index (χ1v) is 11.7. The Morgan fingerprint density at radius 2 is 1.66 bits per heavy atom. The van der Waals surface area contributed by atoms with Gasteiger partial charge >= 0.3 is 5.97 Å². The summed E-state index contributed by atoms with van der Waals surface area (Å²) >= 11 is 1.27. The number of carbonyl (C=O) groups is 2. The maximum Gasteiger partial charge on any atom is 0.338 e. The Bertz CT molecular complexity index is 1320. The maximum atomic E-state index is 12.7. The molecule has 0 unspecified atom stereocenters. The molecule has 0 aliphatic rings. The van der Waals surface area contributed by atoms with Crippen LogP contribution in [0.5, 0.6) is 11.5 Å². The number of anilines is 1. The number of hydrogen-bond donors (Lipinski definition) is 1. The summed E-state index contributed by atoms with van der Waals surface area (Å²) in [5.74, 6) is 0.194. The largest absolute Gasteiger partial charge is 0.493 e. The summed E-state index contributed by atoms with van der Waals surface area (Å²) in [4.78, 5) is 29.5. The number of hydrogen-bond acceptors (Lipinski definition) is 7. The lowest BCUT2D eigenvalue weighted by Crippen LogP contribution is -2.21. The number of ether oxygens (including phenoxy) is 3. The van der Waals surface area contributed by atoms with Crippen molar-refractivity contribution in [2.75, 3.05) is 26.1 Å². The van der Waals surface area contributed by atoms with Crippen LogP contribution in [0.2, 0.25) is 0 Å². The minimum atomic E-state index is -0.545. The van der Waals surface area contributed by atoms with Gasteiger partial charge in [0.05, 0.1) is 25.5 Å². The zero-order chi connectivity index (χ0) is 24.6. The lowest BCUT2D eigenvalue weighted by molar-refractivity contribution is -0.119. The second kappa shape index (κ2) is 11.3. The van der Waals surface area contributed by atoms with Crippen molar-refractivity contribution in [3.05, 3.63) is 94.9 Å². The summed E-state index contributed by atoms with van der Waals surface area (Å²) in [5.41, 5.74) is 3.86. The summed E-state index contributed by atoms with van der Waals surface area (Å²) in [5, 5.41) is 4.91. The van der Waals surface area contributed by atoms with Gasteiger partial charge in [-0.15, -0.1) is 11.3 Å². The number of thiazole rings is 1. The minimum Gasteiger partial charge on any atom is -0.493 e. The molecule has 1 aromatic heterocycles. The van der Waals surface area contributed by atoms with Crippen molar-refractivity contribution < 1.29 is 23.8 Å². The molecule has 0 radical (unpaired) electrons. The fourth-order valence-electron chi connectivity index (χ4n) is 3.51. The normalized spacial score (nSPS) is 10.5. The van der Waals surface area contributed by atoms with E-state index in [1.807, 2.05) is 60.0 Å². The van der Waals surface area contributed by atoms with Gasteiger partial charge in [-0.1, -0.05) is 48.5 Å². The Labute approximate surface area is 207 Å². The Morgan fingerprint density at radius 3 is 2.43 bits per heavy atom. The van der Waals surface area contributed by atoms with E-state index in [1.165, 1.54) is 11.3 Å². The van der Waals surface area contributed by atoms with Crippen LogP contribution in [0.3, 0.4) is 0 Å². The second-order valence-electron chi connectivity index (χ2n) is 7.55. The van der Waals surface area contributed by atoms with Crippen molar-refractivity contribution in [2.45, 2.75) is 6.42 Å². The number of benzene rings is 3. The van der Waals surface area contributed by atoms with Gasteiger partial charge in [0.25, 0.3) is 5.91 Å². The number of amides is 1. The molecular weight excluding hydrogens is 464 g/mol. The molecule has 7 nitrogen and oxygen atoms in total. The third-order valence-corrected chi connectivity index (χ3v) is 6.00. The van der Waals surface area contributed by atoms with Gasteiger partial charge in [0.15, 0.2) is 23.2 Å². The monoisotopic (exact) mass is 488 g/mol. The number of carbonyl (C=O) groups excluding carboxylic acids is 2. The summed E-state index contributed by atoms with van der Waals surface area (Å²) < 4.78 is 15.9. The molecule has 0 saturated carbocycles. The second-order valence-corrected chi connectivity index (χ2v) is 8.41. The van der Waals surface area contributed by atoms with Gasteiger partial charge in [-0.3, -0.25) is 10.1 Å². The number of rotatable bonds is 9. The van der Waals surface area contributed by atoms with E-state index in [0.29, 0.717) is 34.3 Å². The van der Waals surface area contributed by atoms with E-state index < -0.39 is 18.5 Å². The SMILES string of the molecule is COc1ccc(-c2csc(NC(=O)COC(=O)c3ccccc3Cc3ccccc3)n2)cc1OC. The van der Waals surface area contributed by atoms with Crippen LogP contribution in [0.15, 0.2) is 78.2 Å². The molecule has 0 atom stereocenters. The standard InChI is InChI=1S/C27H24N2O5S/c1-32-23-13-12-20(15-24(23)33-2)22-17-35-27(28-22)29-25(30)16-34-26(31)21-11-7-6-10-19(21)14-18-8-4-3-5-9-18/h3-13,15,17H,14,16H2,1-2H3,(H,28,29,30). The highest BCUT2D eigenvalue weighted by molar-refractivity contribution is 7.14. The van der Waals surface area contributed by atoms with E-state index in [-0.39, 0.29) is 0 Å². The van der Waals surface area contributed by atoms with Crippen LogP contribution >= 0.6 is 11.3 Å². The first kappa shape index (κ1) is 24.0. The van der Waals surface area contributed by atoms with Gasteiger partial charge in [0.2, 0.25) is 0 Å². The summed E-state index contributed by atoms with van der Waals surface area (Å²) in [7, 11) is 3.14. The van der Waals surface area contributed by atoms with E-state index in [1.54, 1.807) is 32.4 Å². The molecule has 8 heteroatoms. The van der Waals surface area contributed by atoms with E-state index >= 15 is 0 Å². The highest BCUT2D eigenvalue weighted by atomic mass is 32.1. The molecule has 4 rings (SSSR count). The van der Waals surface area contributed by atoms with Crippen molar-refractivity contribution in [2.24, 2.45) is 0 Å². The van der Waals surface area contributed by atoms with Crippen molar-refractivity contribution in [3.8, 4) is 22.8 Å². The van der Waals surface area contributed by atoms with Crippen LogP contribution in [-0.4, -0.2) is 37.7 Å². The average Bonchev–Trinajstić information content (AvgIpc) is 3.36. The average molecular weight is 489 g/mol. The fraction of sp³-hybridized carbons (Fsp3) is 0.148. The van der Waals surface area contributed by atoms with Gasteiger partial charge < -0.3 is 14.2 Å². The van der Waals surface area contributed by atoms with Crippen molar-refractivity contribution in [1.82, 2.24) is 4.98 Å². The molecule has 178 valence electrons. The van der Waals surface area contributed by atoms with E-state index in [9.17, 15) is 9.59 Å². The third kappa shape index (κ3) is 6.04. The fourth-order valence-corrected chi connectivity index (χ4v) is 4.25. The zero-order valence-electron chi connectivity index (χ0n) is 19.3. The molecule has 1 N–H and O–H groups in total. The quantitative estimate of drug-likeness (QED) is 0.325. The first-order chi connectivity index (χ1) is 17.1. The molecule has 0 bridgehead atoms. The highest BCUT2D eigenvalue weighted by Crippen LogP contribution is 2.33. The van der Waals surface area contributed by atoms with Crippen molar-refractivity contribution in [1.29, 1.82) is 0 Å². The molecule has 0 spiro atoms. The third-order valence-electron chi connectivity index (χ3n) is 5.24. The van der Waals surface area contributed by atoms with Gasteiger partial charge in [-0.25, -0.2) is 9.78 Å². The molecule has 0 fully saturated rings. The van der Waals surface area contributed by atoms with Gasteiger partial charge in [0.1, 0.15) is 0 Å². The number of nitrogens with one attached hydrogen (secondary N) is 1. The van der Waals surface area contributed by atoms with Crippen LogP contribution in [0, 0.1) is 0 Å². The Kier molecular flexibility index (Phi) is 7.74. The molecule has 3 aromatic carbocycles. The smallest absolute Gasteiger partial charge is 0.338 e. The molecule has 4 aromatic rings. The number of methoxy groups -OCH3 is 2. The summed E-state index contributed by atoms with van der Waals surface area (Å²) in [6.07, 6.45) is 0.594. The molecular formula is C27H24N2O5S. The summed E-state index contributed by atoms with van der Waals surface area (Å²) in [6.45, 7) is -0.413. The minimum absolute atomic E-state index is 0.403. The topological polar surface area (TPSA) is 86.8 Å². The molecule has 0 aliphatic heterocycles. The summed E-state index contributed by atoms with van der Waals surface area (Å²) in [6, 6.07) is 22.6. The predicted octanol–water partition coefficient (Wildman–Crippen LogP) is 5.21. The van der Waals surface area contributed by atoms with Crippen molar-refractivity contribution in [3.63, 3.8) is 0 Å². The Morgan fingerprint density at radius 1 is 0.914 bits per heavy atom. The van der Waals surface area contributed by atoms with E-state index in [4.69, 9.17) is 14.2 Å². The van der Waals surface area contributed by atoms with Gasteiger partial charge in [0, 0.05) is 10.9 Å². The van der Waals surface area contributed by atoms with Crippen LogP contribution in [0.4, 0.5) is 5.13 Å². The van der Waals surface area contributed by atoms with E-state index in [2.05, 4.69) is 10.3 Å². The number of aromatic nitrogens is 1. The van der Waals surface area contributed by atoms with Crippen LogP contribution in [0.1, 0.15) is 21.5 Å². The van der Waals surface area contributed by atoms with Crippen LogP contribution in [-0.2, 0) is 16.0 Å². The zero-order valence-corrected chi connectivity index (χ0v) is 20.1. The highest BCUT2D eigenvalue weighted by Gasteiger charge is 2.16. The van der Waals surface area contributed by atoms with Crippen LogP contribution < -0.4 is 14.8 Å². The van der Waals surface area contributed by atoms with E-state index in [0.717, 1.165) is 16.7 Å². The van der Waals surface area contributed by atoms with Gasteiger partial charge in [-0.05, 0) is 41.8 Å². The Hall–Kier alpha value is -4.17. The molecule has 0 saturated heterocycles. The van der Waals surface area contributed by atoms with Crippen molar-refractivity contribution >= 4 is 28.3 Å². The number of nitrogens with zero attached hydrogens (tertiary/aromatic N) is 1. The first-order valence-electron chi connectivity index (χ1n) is 10.8. The number of esters is 1. The maximum absolute atomic E-state index is 12.7. The predicted molar refractivity (Wildman–Crippen MR) is 135 cm³/mol. The molecule has 1 amide bonds. The lowest BCUT2D eigenvalue weighted by Gasteiger charge is -2.10. The van der Waals surface area contributed by atoms with Gasteiger partial charge in [-0.2, -0.15) is 0 Å². The molecule has 1 heterocycles. The van der Waals surface area contributed by atoms with Crippen LogP contribution in [0.25, 0.3) is 11.3 Å². The molecule has 35 heavy (non-hydrogen) atoms. The molecule has 0 aliphatic carbocycles. The lowest BCUT2D eigenvalue weighted by atomic mass is 10.00.